The first-order valence-electron chi connectivity index (χ1n) is 5.34. The van der Waals surface area contributed by atoms with Gasteiger partial charge in [0.2, 0.25) is 0 Å². The van der Waals surface area contributed by atoms with Crippen LogP contribution in [0, 0.1) is 11.8 Å². The quantitative estimate of drug-likeness (QED) is 0.539. The van der Waals surface area contributed by atoms with E-state index in [1.165, 1.54) is 0 Å². The fourth-order valence-electron chi connectivity index (χ4n) is 1.93. The molecule has 0 radical (unpaired) electrons. The van der Waals surface area contributed by atoms with Gasteiger partial charge >= 0.3 is 0 Å². The summed E-state index contributed by atoms with van der Waals surface area (Å²) >= 11 is 0. The van der Waals surface area contributed by atoms with Crippen molar-refractivity contribution in [2.45, 2.75) is 57.5 Å². The number of carbonyl (C=O) groups is 1. The minimum Gasteiger partial charge on any atom is -0.382 e. The van der Waals surface area contributed by atoms with Crippen LogP contribution in [0.25, 0.3) is 0 Å². The van der Waals surface area contributed by atoms with Crippen molar-refractivity contribution in [3.63, 3.8) is 0 Å². The molecule has 1 fully saturated rings. The highest BCUT2D eigenvalue weighted by Gasteiger charge is 2.34. The third-order valence-corrected chi connectivity index (χ3v) is 2.88. The average Bonchev–Trinajstić information content (AvgIpc) is 2.40. The van der Waals surface area contributed by atoms with E-state index in [4.69, 9.17) is 0 Å². The first-order valence-corrected chi connectivity index (χ1v) is 5.34. The molecule has 0 spiro atoms. The van der Waals surface area contributed by atoms with E-state index in [0.717, 1.165) is 25.7 Å². The molecule has 0 amide bonds. The summed E-state index contributed by atoms with van der Waals surface area (Å²) in [5.41, 5.74) is -1.07. The molecule has 0 aromatic rings. The molecule has 0 aliphatic heterocycles. The van der Waals surface area contributed by atoms with Gasteiger partial charge in [0, 0.05) is 0 Å². The van der Waals surface area contributed by atoms with Crippen LogP contribution in [-0.4, -0.2) is 16.5 Å². The number of carbonyl (C=O) groups excluding carboxylic acids is 1. The normalized spacial score (nSPS) is 20.4. The lowest BCUT2D eigenvalue weighted by Crippen LogP contribution is -2.37. The Morgan fingerprint density at radius 3 is 2.36 bits per heavy atom. The molecule has 1 rings (SSSR count). The summed E-state index contributed by atoms with van der Waals surface area (Å²) in [6.45, 7) is 1.71. The minimum absolute atomic E-state index is 0.0891. The summed E-state index contributed by atoms with van der Waals surface area (Å²) in [5.74, 6) is 5.33. The van der Waals surface area contributed by atoms with Gasteiger partial charge in [0.05, 0.1) is 6.42 Å². The van der Waals surface area contributed by atoms with Gasteiger partial charge in [-0.3, -0.25) is 4.79 Å². The Morgan fingerprint density at radius 1 is 1.29 bits per heavy atom. The maximum absolute atomic E-state index is 11.7. The Balaban J connectivity index is 2.59. The van der Waals surface area contributed by atoms with Gasteiger partial charge in [0.15, 0.2) is 5.78 Å². The van der Waals surface area contributed by atoms with Gasteiger partial charge in [-0.25, -0.2) is 0 Å². The van der Waals surface area contributed by atoms with Crippen molar-refractivity contribution < 1.29 is 9.90 Å². The molecular weight excluding hydrogens is 176 g/mol. The predicted molar refractivity (Wildman–Crippen MR) is 55.7 cm³/mol. The van der Waals surface area contributed by atoms with Crippen molar-refractivity contribution in [3.05, 3.63) is 0 Å². The van der Waals surface area contributed by atoms with Gasteiger partial charge in [-0.05, 0) is 19.8 Å². The molecule has 0 bridgehead atoms. The predicted octanol–water partition coefficient (Wildman–Crippen LogP) is 2.05. The Hall–Kier alpha value is -0.810. The summed E-state index contributed by atoms with van der Waals surface area (Å²) in [4.78, 5) is 11.7. The van der Waals surface area contributed by atoms with E-state index < -0.39 is 5.60 Å². The summed E-state index contributed by atoms with van der Waals surface area (Å²) < 4.78 is 0. The second-order valence-electron chi connectivity index (χ2n) is 3.97. The van der Waals surface area contributed by atoms with Crippen LogP contribution in [0.5, 0.6) is 0 Å². The molecule has 2 nitrogen and oxygen atoms in total. The van der Waals surface area contributed by atoms with E-state index in [1.54, 1.807) is 6.92 Å². The Labute approximate surface area is 85.7 Å². The maximum Gasteiger partial charge on any atom is 0.176 e. The van der Waals surface area contributed by atoms with Gasteiger partial charge in [-0.15, -0.1) is 5.92 Å². The van der Waals surface area contributed by atoms with E-state index in [2.05, 4.69) is 11.8 Å². The SMILES string of the molecule is CC#CCC(=O)C1(O)CCCCCC1. The van der Waals surface area contributed by atoms with E-state index in [1.807, 2.05) is 0 Å². The molecule has 1 N–H and O–H groups in total. The molecule has 1 saturated carbocycles. The van der Waals surface area contributed by atoms with Crippen molar-refractivity contribution in [1.29, 1.82) is 0 Å². The number of hydrogen-bond acceptors (Lipinski definition) is 2. The number of ketones is 1. The Kier molecular flexibility index (Phi) is 4.16. The van der Waals surface area contributed by atoms with Crippen LogP contribution in [0.15, 0.2) is 0 Å². The fraction of sp³-hybridized carbons (Fsp3) is 0.750. The first kappa shape index (κ1) is 11.3. The maximum atomic E-state index is 11.7. The first-order chi connectivity index (χ1) is 6.69. The topological polar surface area (TPSA) is 37.3 Å². The highest BCUT2D eigenvalue weighted by molar-refractivity contribution is 5.88. The van der Waals surface area contributed by atoms with Crippen molar-refractivity contribution in [3.8, 4) is 11.8 Å². The van der Waals surface area contributed by atoms with Crippen molar-refractivity contribution in [2.24, 2.45) is 0 Å². The lowest BCUT2D eigenvalue weighted by Gasteiger charge is -2.23. The Bertz CT molecular complexity index is 249. The Morgan fingerprint density at radius 2 is 1.86 bits per heavy atom. The van der Waals surface area contributed by atoms with Crippen LogP contribution in [0.1, 0.15) is 51.9 Å². The molecule has 2 heteroatoms. The lowest BCUT2D eigenvalue weighted by molar-refractivity contribution is -0.137. The number of Topliss-reactive ketones (excluding diaryl/α,β-unsaturated/α-hetero) is 1. The highest BCUT2D eigenvalue weighted by atomic mass is 16.3. The fourth-order valence-corrected chi connectivity index (χ4v) is 1.93. The monoisotopic (exact) mass is 194 g/mol. The van der Waals surface area contributed by atoms with Gasteiger partial charge in [-0.1, -0.05) is 31.6 Å². The van der Waals surface area contributed by atoms with Crippen molar-refractivity contribution >= 4 is 5.78 Å². The van der Waals surface area contributed by atoms with Crippen LogP contribution in [0.2, 0.25) is 0 Å². The molecule has 78 valence electrons. The van der Waals surface area contributed by atoms with Gasteiger partial charge in [0.1, 0.15) is 5.60 Å². The molecule has 0 heterocycles. The second-order valence-corrected chi connectivity index (χ2v) is 3.97. The summed E-state index contributed by atoms with van der Waals surface area (Å²) in [6.07, 6.45) is 5.63. The zero-order valence-electron chi connectivity index (χ0n) is 8.81. The molecule has 0 saturated heterocycles. The van der Waals surface area contributed by atoms with Crippen LogP contribution in [0.3, 0.4) is 0 Å². The molecule has 0 atom stereocenters. The lowest BCUT2D eigenvalue weighted by atomic mass is 9.88. The van der Waals surface area contributed by atoms with Gasteiger partial charge < -0.3 is 5.11 Å². The molecule has 14 heavy (non-hydrogen) atoms. The number of hydrogen-bond donors (Lipinski definition) is 1. The summed E-state index contributed by atoms with van der Waals surface area (Å²) in [6, 6.07) is 0. The van der Waals surface area contributed by atoms with Gasteiger partial charge in [-0.2, -0.15) is 0 Å². The molecule has 0 aromatic heterocycles. The molecule has 0 aromatic carbocycles. The third kappa shape index (κ3) is 2.85. The minimum atomic E-state index is -1.07. The van der Waals surface area contributed by atoms with Crippen molar-refractivity contribution in [2.75, 3.05) is 0 Å². The third-order valence-electron chi connectivity index (χ3n) is 2.88. The van der Waals surface area contributed by atoms with Crippen molar-refractivity contribution in [1.82, 2.24) is 0 Å². The van der Waals surface area contributed by atoms with Crippen LogP contribution in [0.4, 0.5) is 0 Å². The molecule has 1 aliphatic rings. The smallest absolute Gasteiger partial charge is 0.176 e. The average molecular weight is 194 g/mol. The summed E-state index contributed by atoms with van der Waals surface area (Å²) in [5, 5.41) is 10.1. The standard InChI is InChI=1S/C12H18O2/c1-2-3-8-11(13)12(14)9-6-4-5-7-10-12/h14H,4-10H2,1H3. The largest absolute Gasteiger partial charge is 0.382 e. The number of rotatable bonds is 2. The molecule has 0 unspecified atom stereocenters. The second kappa shape index (κ2) is 5.17. The zero-order chi connectivity index (χ0) is 10.4. The van der Waals surface area contributed by atoms with E-state index >= 15 is 0 Å². The van der Waals surface area contributed by atoms with Crippen LogP contribution in [-0.2, 0) is 4.79 Å². The summed E-state index contributed by atoms with van der Waals surface area (Å²) in [7, 11) is 0. The molecule has 1 aliphatic carbocycles. The number of aliphatic hydroxyl groups is 1. The van der Waals surface area contributed by atoms with Crippen LogP contribution >= 0.6 is 0 Å². The highest BCUT2D eigenvalue weighted by Crippen LogP contribution is 2.28. The van der Waals surface area contributed by atoms with E-state index in [-0.39, 0.29) is 12.2 Å². The van der Waals surface area contributed by atoms with Crippen LogP contribution < -0.4 is 0 Å². The van der Waals surface area contributed by atoms with E-state index in [0.29, 0.717) is 12.8 Å². The molecular formula is C12H18O2. The van der Waals surface area contributed by atoms with Gasteiger partial charge in [0.25, 0.3) is 0 Å². The zero-order valence-corrected chi connectivity index (χ0v) is 8.81. The van der Waals surface area contributed by atoms with E-state index in [9.17, 15) is 9.90 Å².